The molecule has 8 rings (SSSR count). The molecule has 5 heterocycles. The summed E-state index contributed by atoms with van der Waals surface area (Å²) >= 11 is 0. The van der Waals surface area contributed by atoms with Crippen LogP contribution < -0.4 is 9.64 Å². The van der Waals surface area contributed by atoms with E-state index in [-0.39, 0.29) is 58.1 Å². The van der Waals surface area contributed by atoms with Crippen LogP contribution in [0.4, 0.5) is 19.0 Å². The van der Waals surface area contributed by atoms with Gasteiger partial charge >= 0.3 is 6.01 Å². The van der Waals surface area contributed by atoms with Crippen molar-refractivity contribution in [3.63, 3.8) is 0 Å². The lowest BCUT2D eigenvalue weighted by Gasteiger charge is -2.38. The summed E-state index contributed by atoms with van der Waals surface area (Å²) in [7, 11) is 0. The average Bonchev–Trinajstić information content (AvgIpc) is 3.60. The van der Waals surface area contributed by atoms with Crippen LogP contribution in [-0.2, 0) is 0 Å². The second kappa shape index (κ2) is 10.2. The van der Waals surface area contributed by atoms with Gasteiger partial charge in [-0.2, -0.15) is 9.97 Å². The summed E-state index contributed by atoms with van der Waals surface area (Å²) in [4.78, 5) is 17.8. The molecule has 46 heavy (non-hydrogen) atoms. The fourth-order valence-electron chi connectivity index (χ4n) is 8.19. The summed E-state index contributed by atoms with van der Waals surface area (Å²) in [5, 5.41) is 22.4. The van der Waals surface area contributed by atoms with Gasteiger partial charge in [0.15, 0.2) is 5.82 Å². The van der Waals surface area contributed by atoms with E-state index in [9.17, 15) is 19.0 Å². The van der Waals surface area contributed by atoms with Crippen molar-refractivity contribution in [2.24, 2.45) is 5.41 Å². The quantitative estimate of drug-likeness (QED) is 0.280. The SMILES string of the molecule is C#Cc1c(F)ccc2cc(O)cc(-c3ncc4c(N5CCCC(C)(O)C5)nc(OCC56CC(F)CN5CC5(CC5)C6)nc4c3F)c12. The molecular formula is C35H34F3N5O3. The number of aromatic nitrogens is 3. The predicted molar refractivity (Wildman–Crippen MR) is 167 cm³/mol. The van der Waals surface area contributed by atoms with Crippen LogP contribution in [0.2, 0.25) is 0 Å². The van der Waals surface area contributed by atoms with Crippen molar-refractivity contribution in [2.45, 2.75) is 62.8 Å². The normalized spacial score (nSPS) is 27.0. The third-order valence-corrected chi connectivity index (χ3v) is 10.4. The maximum atomic E-state index is 16.8. The van der Waals surface area contributed by atoms with Crippen molar-refractivity contribution in [3.8, 4) is 35.4 Å². The number of nitrogens with zero attached hydrogens (tertiary/aromatic N) is 5. The van der Waals surface area contributed by atoms with Gasteiger partial charge in [0.2, 0.25) is 0 Å². The Labute approximate surface area is 264 Å². The van der Waals surface area contributed by atoms with Crippen molar-refractivity contribution >= 4 is 27.5 Å². The number of phenols is 1. The number of piperidine rings is 1. The predicted octanol–water partition coefficient (Wildman–Crippen LogP) is 5.51. The van der Waals surface area contributed by atoms with Crippen molar-refractivity contribution in [2.75, 3.05) is 37.7 Å². The maximum absolute atomic E-state index is 16.8. The third kappa shape index (κ3) is 4.73. The summed E-state index contributed by atoms with van der Waals surface area (Å²) in [5.41, 5.74) is -1.45. The molecule has 1 saturated carbocycles. The van der Waals surface area contributed by atoms with Gasteiger partial charge in [-0.05, 0) is 68.0 Å². The summed E-state index contributed by atoms with van der Waals surface area (Å²) in [5.74, 6) is 1.07. The number of aromatic hydroxyl groups is 1. The lowest BCUT2D eigenvalue weighted by molar-refractivity contribution is 0.0447. The molecule has 4 aromatic rings. The summed E-state index contributed by atoms with van der Waals surface area (Å²) < 4.78 is 52.6. The number of aliphatic hydroxyl groups is 1. The van der Waals surface area contributed by atoms with E-state index in [4.69, 9.17) is 16.1 Å². The fraction of sp³-hybridized carbons (Fsp3) is 0.457. The lowest BCUT2D eigenvalue weighted by Crippen LogP contribution is -2.46. The number of rotatable bonds is 5. The Morgan fingerprint density at radius 3 is 2.74 bits per heavy atom. The van der Waals surface area contributed by atoms with Crippen molar-refractivity contribution < 1.29 is 28.1 Å². The largest absolute Gasteiger partial charge is 0.508 e. The van der Waals surface area contributed by atoms with E-state index < -0.39 is 28.9 Å². The van der Waals surface area contributed by atoms with Crippen molar-refractivity contribution in [1.29, 1.82) is 0 Å². The Morgan fingerprint density at radius 2 is 1.98 bits per heavy atom. The van der Waals surface area contributed by atoms with Gasteiger partial charge in [0, 0.05) is 49.7 Å². The van der Waals surface area contributed by atoms with Gasteiger partial charge < -0.3 is 19.8 Å². The molecule has 2 N–H and O–H groups in total. The maximum Gasteiger partial charge on any atom is 0.319 e. The van der Waals surface area contributed by atoms with E-state index in [1.807, 2.05) is 4.90 Å². The number of pyridine rings is 1. The lowest BCUT2D eigenvalue weighted by atomic mass is 9.89. The van der Waals surface area contributed by atoms with Crippen molar-refractivity contribution in [1.82, 2.24) is 19.9 Å². The third-order valence-electron chi connectivity index (χ3n) is 10.4. The second-order valence-electron chi connectivity index (χ2n) is 14.1. The van der Waals surface area contributed by atoms with Crippen LogP contribution in [0.15, 0.2) is 30.5 Å². The summed E-state index contributed by atoms with van der Waals surface area (Å²) in [6.07, 6.45) is 10.9. The molecule has 4 aliphatic rings. The Kier molecular flexibility index (Phi) is 6.48. The molecule has 3 aliphatic heterocycles. The van der Waals surface area contributed by atoms with Crippen LogP contribution in [0.3, 0.4) is 0 Å². The molecule has 3 unspecified atom stereocenters. The van der Waals surface area contributed by atoms with E-state index in [0.717, 1.165) is 25.8 Å². The summed E-state index contributed by atoms with van der Waals surface area (Å²) in [6.45, 7) is 3.97. The molecule has 3 saturated heterocycles. The van der Waals surface area contributed by atoms with Gasteiger partial charge in [0.25, 0.3) is 0 Å². The molecule has 2 aromatic carbocycles. The van der Waals surface area contributed by atoms with Crippen LogP contribution in [0.1, 0.15) is 51.0 Å². The van der Waals surface area contributed by atoms with Crippen LogP contribution in [-0.4, -0.2) is 80.2 Å². The standard InChI is InChI=1S/C35H34F3N5O3/c1-3-23-26(37)6-5-20-11-22(44)12-24(27(20)23)29-28(38)30-25(14-39-29)31(42-10-4-7-33(2,45)17-42)41-32(40-30)46-19-35-13-21(36)15-43(35)18-34(16-35)8-9-34/h1,5-6,11-12,14,21,44-45H,4,7-10,13,15-19H2,2H3. The number of ether oxygens (including phenoxy) is 1. The van der Waals surface area contributed by atoms with Gasteiger partial charge in [-0.1, -0.05) is 12.0 Å². The number of halogens is 3. The zero-order chi connectivity index (χ0) is 32.0. The molecule has 0 bridgehead atoms. The first-order valence-electron chi connectivity index (χ1n) is 15.8. The van der Waals surface area contributed by atoms with Crippen LogP contribution in [0, 0.1) is 29.4 Å². The van der Waals surface area contributed by atoms with E-state index in [2.05, 4.69) is 20.8 Å². The highest BCUT2D eigenvalue weighted by atomic mass is 19.1. The van der Waals surface area contributed by atoms with Gasteiger partial charge in [-0.25, -0.2) is 13.2 Å². The number of alkyl halides is 1. The topological polar surface area (TPSA) is 94.8 Å². The van der Waals surface area contributed by atoms with Crippen molar-refractivity contribution in [3.05, 3.63) is 47.7 Å². The molecular weight excluding hydrogens is 595 g/mol. The first kappa shape index (κ1) is 29.3. The molecule has 1 spiro atoms. The molecule has 0 radical (unpaired) electrons. The highest BCUT2D eigenvalue weighted by Gasteiger charge is 2.62. The fourth-order valence-corrected chi connectivity index (χ4v) is 8.19. The van der Waals surface area contributed by atoms with E-state index >= 15 is 4.39 Å². The monoisotopic (exact) mass is 629 g/mol. The smallest absolute Gasteiger partial charge is 0.319 e. The van der Waals surface area contributed by atoms with Crippen LogP contribution in [0.5, 0.6) is 11.8 Å². The Morgan fingerprint density at radius 1 is 1.15 bits per heavy atom. The first-order chi connectivity index (χ1) is 22.0. The minimum atomic E-state index is -0.986. The Balaban J connectivity index is 1.27. The number of hydrogen-bond donors (Lipinski definition) is 2. The number of phenolic OH excluding ortho intramolecular Hbond substituents is 1. The van der Waals surface area contributed by atoms with Gasteiger partial charge in [-0.15, -0.1) is 6.42 Å². The highest BCUT2D eigenvalue weighted by Crippen LogP contribution is 2.60. The van der Waals surface area contributed by atoms with Gasteiger partial charge in [0.1, 0.15) is 41.4 Å². The zero-order valence-corrected chi connectivity index (χ0v) is 25.5. The average molecular weight is 630 g/mol. The minimum absolute atomic E-state index is 0.0618. The van der Waals surface area contributed by atoms with E-state index in [1.54, 1.807) is 6.92 Å². The van der Waals surface area contributed by atoms with Gasteiger partial charge in [-0.3, -0.25) is 9.88 Å². The Bertz CT molecular complexity index is 1960. The Hall–Kier alpha value is -4.14. The number of benzene rings is 2. The molecule has 4 fully saturated rings. The molecule has 1 aliphatic carbocycles. The first-order valence-corrected chi connectivity index (χ1v) is 15.8. The van der Waals surface area contributed by atoms with E-state index in [1.165, 1.54) is 30.5 Å². The molecule has 3 atom stereocenters. The summed E-state index contributed by atoms with van der Waals surface area (Å²) in [6, 6.07) is 5.33. The molecule has 8 nitrogen and oxygen atoms in total. The van der Waals surface area contributed by atoms with E-state index in [0.29, 0.717) is 48.9 Å². The van der Waals surface area contributed by atoms with Gasteiger partial charge in [0.05, 0.1) is 22.1 Å². The second-order valence-corrected chi connectivity index (χ2v) is 14.1. The molecule has 0 amide bonds. The van der Waals surface area contributed by atoms with Crippen LogP contribution >= 0.6 is 0 Å². The molecule has 11 heteroatoms. The highest BCUT2D eigenvalue weighted by molar-refractivity contribution is 6.03. The number of fused-ring (bicyclic) bond motifs is 3. The number of β-amino-alcohol motifs (C(OH)–C–C–N with tert-alkyl or cyclic N) is 1. The molecule has 2 aromatic heterocycles. The minimum Gasteiger partial charge on any atom is -0.508 e. The number of terminal acetylenes is 1. The number of hydrogen-bond acceptors (Lipinski definition) is 8. The van der Waals surface area contributed by atoms with Crippen LogP contribution in [0.25, 0.3) is 32.9 Å². The zero-order valence-electron chi connectivity index (χ0n) is 25.5. The number of anilines is 1. The molecule has 238 valence electrons.